The van der Waals surface area contributed by atoms with Crippen LogP contribution in [0.1, 0.15) is 41.7 Å². The maximum Gasteiger partial charge on any atom is 0.333 e. The Labute approximate surface area is 280 Å². The molecule has 0 saturated heterocycles. The van der Waals surface area contributed by atoms with E-state index in [0.717, 1.165) is 66.3 Å². The number of halogens is 1. The lowest BCUT2D eigenvalue weighted by Crippen LogP contribution is -2.39. The molecule has 0 spiro atoms. The molecule has 1 aliphatic rings. The summed E-state index contributed by atoms with van der Waals surface area (Å²) in [7, 11) is -1.14. The third-order valence-corrected chi connectivity index (χ3v) is 10.8. The molecule has 1 saturated carbocycles. The van der Waals surface area contributed by atoms with Crippen LogP contribution in [0.5, 0.6) is 0 Å². The van der Waals surface area contributed by atoms with E-state index in [9.17, 15) is 9.59 Å². The number of fused-ring (bicyclic) bond motifs is 1. The van der Waals surface area contributed by atoms with Crippen molar-refractivity contribution < 1.29 is 9.53 Å². The van der Waals surface area contributed by atoms with Gasteiger partial charge in [-0.2, -0.15) is 0 Å². The van der Waals surface area contributed by atoms with Gasteiger partial charge >= 0.3 is 5.69 Å². The van der Waals surface area contributed by atoms with Crippen LogP contribution in [0.3, 0.4) is 0 Å². The number of benzene rings is 2. The number of carbonyl (C=O) groups excluding carboxylic acids is 1. The van der Waals surface area contributed by atoms with E-state index in [1.54, 1.807) is 21.5 Å². The second-order valence-electron chi connectivity index (χ2n) is 13.7. The van der Waals surface area contributed by atoms with Crippen LogP contribution in [0.15, 0.2) is 71.8 Å². The standard InChI is InChI=1S/C35H42ClN7O3Si/c1-24-30(19-27(36)20-37-24)34(44)38-28-13-9-25(10-14-28)21-42-32-7-5-6-8-33(32)43(35(42)45)29-15-11-26(12-16-29)31-22-41(40-39-31)23-46-17-18-47(2,3)4/h5-8,11-12,15-16,19-20,22,25,28H,9-10,13-14,17-18,21,23H2,1-4H3,(H,38,44). The third-order valence-electron chi connectivity index (χ3n) is 8.94. The zero-order valence-electron chi connectivity index (χ0n) is 27.4. The number of carbonyl (C=O) groups is 1. The predicted molar refractivity (Wildman–Crippen MR) is 188 cm³/mol. The van der Waals surface area contributed by atoms with Crippen LogP contribution in [-0.2, 0) is 18.0 Å². The highest BCUT2D eigenvalue weighted by Gasteiger charge is 2.26. The van der Waals surface area contributed by atoms with E-state index in [2.05, 4.69) is 40.3 Å². The van der Waals surface area contributed by atoms with Gasteiger partial charge in [0, 0.05) is 39.0 Å². The number of para-hydroxylation sites is 2. The lowest BCUT2D eigenvalue weighted by molar-refractivity contribution is 0.0772. The molecule has 0 radical (unpaired) electrons. The summed E-state index contributed by atoms with van der Waals surface area (Å²) in [5.74, 6) is 0.192. The largest absolute Gasteiger partial charge is 0.359 e. The number of pyridine rings is 1. The van der Waals surface area contributed by atoms with E-state index in [0.29, 0.717) is 35.5 Å². The van der Waals surface area contributed by atoms with Gasteiger partial charge in [0.25, 0.3) is 5.91 Å². The van der Waals surface area contributed by atoms with Crippen molar-refractivity contribution >= 4 is 36.6 Å². The molecule has 0 aliphatic heterocycles. The van der Waals surface area contributed by atoms with Crippen LogP contribution in [0.2, 0.25) is 30.7 Å². The number of nitrogens with one attached hydrogen (secondary N) is 1. The van der Waals surface area contributed by atoms with Crippen molar-refractivity contribution in [1.29, 1.82) is 0 Å². The Kier molecular flexibility index (Phi) is 9.76. The van der Waals surface area contributed by atoms with E-state index in [1.807, 2.05) is 66.2 Å². The molecule has 1 N–H and O–H groups in total. The summed E-state index contributed by atoms with van der Waals surface area (Å²) < 4.78 is 11.2. The monoisotopic (exact) mass is 671 g/mol. The fraction of sp³-hybridized carbons (Fsp3) is 0.400. The third kappa shape index (κ3) is 7.74. The molecule has 0 unspecified atom stereocenters. The van der Waals surface area contributed by atoms with E-state index < -0.39 is 8.07 Å². The number of hydrogen-bond donors (Lipinski definition) is 1. The summed E-state index contributed by atoms with van der Waals surface area (Å²) in [6.07, 6.45) is 6.98. The van der Waals surface area contributed by atoms with Crippen molar-refractivity contribution in [3.63, 3.8) is 0 Å². The van der Waals surface area contributed by atoms with Gasteiger partial charge in [-0.15, -0.1) is 5.10 Å². The van der Waals surface area contributed by atoms with Gasteiger partial charge in [-0.05, 0) is 74.9 Å². The summed E-state index contributed by atoms with van der Waals surface area (Å²) in [4.78, 5) is 31.1. The Bertz CT molecular complexity index is 1920. The zero-order valence-corrected chi connectivity index (χ0v) is 29.2. The van der Waals surface area contributed by atoms with E-state index in [4.69, 9.17) is 16.3 Å². The summed E-state index contributed by atoms with van der Waals surface area (Å²) >= 11 is 6.07. The number of hydrogen-bond acceptors (Lipinski definition) is 6. The summed E-state index contributed by atoms with van der Waals surface area (Å²) in [6.45, 7) is 10.5. The summed E-state index contributed by atoms with van der Waals surface area (Å²) in [5.41, 5.74) is 5.38. The molecule has 2 aromatic carbocycles. The average Bonchev–Trinajstić information content (AvgIpc) is 3.63. The average molecular weight is 672 g/mol. The maximum absolute atomic E-state index is 13.9. The minimum Gasteiger partial charge on any atom is -0.359 e. The van der Waals surface area contributed by atoms with Gasteiger partial charge in [0.05, 0.1) is 39.2 Å². The van der Waals surface area contributed by atoms with Crippen molar-refractivity contribution in [1.82, 2.24) is 34.4 Å². The van der Waals surface area contributed by atoms with Gasteiger partial charge in [-0.25, -0.2) is 9.48 Å². The summed E-state index contributed by atoms with van der Waals surface area (Å²) in [6, 6.07) is 18.7. The second kappa shape index (κ2) is 14.0. The number of rotatable bonds is 11. The Morgan fingerprint density at radius 1 is 1.04 bits per heavy atom. The van der Waals surface area contributed by atoms with Crippen LogP contribution in [-0.4, -0.2) is 55.7 Å². The maximum atomic E-state index is 13.9. The minimum atomic E-state index is -1.14. The molecule has 47 heavy (non-hydrogen) atoms. The molecule has 6 rings (SSSR count). The Morgan fingerprint density at radius 2 is 1.77 bits per heavy atom. The van der Waals surface area contributed by atoms with Gasteiger partial charge in [-0.3, -0.25) is 18.9 Å². The molecule has 10 nitrogen and oxygen atoms in total. The molecule has 246 valence electrons. The molecule has 12 heteroatoms. The fourth-order valence-electron chi connectivity index (χ4n) is 6.19. The number of nitrogens with zero attached hydrogens (tertiary/aromatic N) is 6. The van der Waals surface area contributed by atoms with Crippen molar-refractivity contribution in [3.8, 4) is 16.9 Å². The summed E-state index contributed by atoms with van der Waals surface area (Å²) in [5, 5.41) is 12.2. The highest BCUT2D eigenvalue weighted by molar-refractivity contribution is 6.76. The number of aryl methyl sites for hydroxylation is 1. The second-order valence-corrected chi connectivity index (χ2v) is 19.8. The van der Waals surface area contributed by atoms with Crippen LogP contribution < -0.4 is 11.0 Å². The van der Waals surface area contributed by atoms with E-state index >= 15 is 0 Å². The molecule has 1 aliphatic carbocycles. The lowest BCUT2D eigenvalue weighted by atomic mass is 9.85. The Balaban J connectivity index is 1.12. The van der Waals surface area contributed by atoms with E-state index in [-0.39, 0.29) is 17.6 Å². The molecule has 5 aromatic rings. The number of aromatic nitrogens is 6. The minimum absolute atomic E-state index is 0.0558. The topological polar surface area (TPSA) is 109 Å². The van der Waals surface area contributed by atoms with Crippen LogP contribution in [0.25, 0.3) is 28.0 Å². The number of ether oxygens (including phenoxy) is 1. The zero-order chi connectivity index (χ0) is 33.1. The van der Waals surface area contributed by atoms with Gasteiger partial charge in [0.1, 0.15) is 12.4 Å². The predicted octanol–water partition coefficient (Wildman–Crippen LogP) is 6.71. The first kappa shape index (κ1) is 32.9. The number of imidazole rings is 1. The molecule has 0 atom stereocenters. The van der Waals surface area contributed by atoms with E-state index in [1.165, 1.54) is 0 Å². The quantitative estimate of drug-likeness (QED) is 0.124. The Morgan fingerprint density at radius 3 is 2.49 bits per heavy atom. The molecule has 1 fully saturated rings. The fourth-order valence-corrected chi connectivity index (χ4v) is 7.11. The molecule has 3 aromatic heterocycles. The highest BCUT2D eigenvalue weighted by Crippen LogP contribution is 2.28. The molecule has 1 amide bonds. The van der Waals surface area contributed by atoms with Crippen LogP contribution >= 0.6 is 11.6 Å². The first-order chi connectivity index (χ1) is 22.6. The number of amides is 1. The van der Waals surface area contributed by atoms with Crippen LogP contribution in [0.4, 0.5) is 0 Å². The lowest BCUT2D eigenvalue weighted by Gasteiger charge is -2.29. The molecule has 0 bridgehead atoms. The smallest absolute Gasteiger partial charge is 0.333 e. The van der Waals surface area contributed by atoms with Gasteiger partial charge < -0.3 is 10.1 Å². The SMILES string of the molecule is Cc1ncc(Cl)cc1C(=O)NC1CCC(Cn2c(=O)n(-c3ccc(-c4cn(COCC[Si](C)(C)C)nn4)cc3)c3ccccc32)CC1. The Hall–Kier alpha value is -4.06. The molecular weight excluding hydrogens is 630 g/mol. The van der Waals surface area contributed by atoms with Crippen molar-refractivity contribution in [2.75, 3.05) is 6.61 Å². The highest BCUT2D eigenvalue weighted by atomic mass is 35.5. The molecular formula is C35H42ClN7O3Si. The van der Waals surface area contributed by atoms with Gasteiger partial charge in [-0.1, -0.05) is 60.7 Å². The normalized spacial score (nSPS) is 16.9. The van der Waals surface area contributed by atoms with Crippen molar-refractivity contribution in [2.24, 2.45) is 5.92 Å². The first-order valence-corrected chi connectivity index (χ1v) is 20.4. The van der Waals surface area contributed by atoms with Crippen molar-refractivity contribution in [3.05, 3.63) is 93.8 Å². The van der Waals surface area contributed by atoms with Gasteiger partial charge in [0.2, 0.25) is 0 Å². The van der Waals surface area contributed by atoms with Crippen molar-refractivity contribution in [2.45, 2.75) is 77.6 Å². The van der Waals surface area contributed by atoms with Crippen LogP contribution in [0, 0.1) is 12.8 Å². The first-order valence-electron chi connectivity index (χ1n) is 16.3. The molecule has 3 heterocycles. The van der Waals surface area contributed by atoms with Gasteiger partial charge in [0.15, 0.2) is 0 Å².